The van der Waals surface area contributed by atoms with E-state index < -0.39 is 0 Å². The van der Waals surface area contributed by atoms with Crippen LogP contribution in [0, 0.1) is 5.82 Å². The monoisotopic (exact) mass is 368 g/mol. The third-order valence-electron chi connectivity index (χ3n) is 4.96. The van der Waals surface area contributed by atoms with Crippen LogP contribution in [0.5, 0.6) is 0 Å². The van der Waals surface area contributed by atoms with Crippen molar-refractivity contribution in [3.05, 3.63) is 60.0 Å². The summed E-state index contributed by atoms with van der Waals surface area (Å²) in [5.41, 5.74) is 2.15. The van der Waals surface area contributed by atoms with Gasteiger partial charge in [-0.05, 0) is 30.3 Å². The van der Waals surface area contributed by atoms with Gasteiger partial charge in [0.15, 0.2) is 0 Å². The largest absolute Gasteiger partial charge is 0.465 e. The van der Waals surface area contributed by atoms with Gasteiger partial charge >= 0.3 is 5.97 Å². The second-order valence-electron chi connectivity index (χ2n) is 6.61. The molecule has 0 N–H and O–H groups in total. The third kappa shape index (κ3) is 3.50. The van der Waals surface area contributed by atoms with Crippen LogP contribution in [0.15, 0.2) is 48.7 Å². The topological polar surface area (TPSA) is 50.6 Å². The molecule has 1 aliphatic heterocycles. The third-order valence-corrected chi connectivity index (χ3v) is 4.96. The maximum Gasteiger partial charge on any atom is 0.337 e. The highest BCUT2D eigenvalue weighted by Gasteiger charge is 2.20. The number of carbonyl (C=O) groups is 1. The number of hydrogen-bond acceptors (Lipinski definition) is 5. The van der Waals surface area contributed by atoms with Crippen LogP contribution < -0.4 is 4.90 Å². The summed E-state index contributed by atoms with van der Waals surface area (Å²) in [5, 5.41) is 5.36. The number of aromatic nitrogens is 2. The summed E-state index contributed by atoms with van der Waals surface area (Å²) in [7, 11) is 1.37. The second kappa shape index (κ2) is 7.36. The average Bonchev–Trinajstić information content (AvgIpc) is 3.10. The Morgan fingerprint density at radius 1 is 1.15 bits per heavy atom. The van der Waals surface area contributed by atoms with E-state index in [0.717, 1.165) is 37.1 Å². The minimum Gasteiger partial charge on any atom is -0.465 e. The average molecular weight is 368 g/mol. The summed E-state index contributed by atoms with van der Waals surface area (Å²) in [5.74, 6) is -0.528. The van der Waals surface area contributed by atoms with Gasteiger partial charge in [0.1, 0.15) is 5.82 Å². The number of nitrogens with zero attached hydrogens (tertiary/aromatic N) is 4. The molecule has 27 heavy (non-hydrogen) atoms. The number of carbonyl (C=O) groups excluding carboxylic acids is 1. The Morgan fingerprint density at radius 3 is 2.67 bits per heavy atom. The van der Waals surface area contributed by atoms with E-state index in [2.05, 4.69) is 14.9 Å². The van der Waals surface area contributed by atoms with E-state index in [1.165, 1.54) is 13.2 Å². The molecule has 0 bridgehead atoms. The first-order valence-electron chi connectivity index (χ1n) is 8.91. The highest BCUT2D eigenvalue weighted by atomic mass is 19.1. The normalized spacial score (nSPS) is 15.3. The molecular formula is C20H21FN4O2. The number of hydrogen-bond donors (Lipinski definition) is 0. The Morgan fingerprint density at radius 2 is 1.93 bits per heavy atom. The molecule has 7 heteroatoms. The number of anilines is 1. The summed E-state index contributed by atoms with van der Waals surface area (Å²) in [6, 6.07) is 12.3. The number of para-hydroxylation sites is 1. The number of piperazine rings is 1. The zero-order valence-electron chi connectivity index (χ0n) is 15.1. The highest BCUT2D eigenvalue weighted by Crippen LogP contribution is 2.21. The van der Waals surface area contributed by atoms with Crippen molar-refractivity contribution < 1.29 is 13.9 Å². The van der Waals surface area contributed by atoms with Crippen molar-refractivity contribution in [2.45, 2.75) is 6.67 Å². The fraction of sp³-hybridized carbons (Fsp3) is 0.300. The van der Waals surface area contributed by atoms with Crippen molar-refractivity contribution in [3.63, 3.8) is 0 Å². The lowest BCUT2D eigenvalue weighted by molar-refractivity contribution is 0.0601. The summed E-state index contributed by atoms with van der Waals surface area (Å²) < 4.78 is 20.7. The molecule has 2 aromatic carbocycles. The van der Waals surface area contributed by atoms with Crippen molar-refractivity contribution >= 4 is 22.6 Å². The quantitative estimate of drug-likeness (QED) is 0.663. The van der Waals surface area contributed by atoms with Crippen LogP contribution >= 0.6 is 0 Å². The summed E-state index contributed by atoms with van der Waals surface area (Å²) in [4.78, 5) is 16.0. The minimum atomic E-state index is -0.353. The fourth-order valence-electron chi connectivity index (χ4n) is 3.47. The number of fused-ring (bicyclic) bond motifs is 1. The molecule has 0 amide bonds. The number of esters is 1. The number of halogens is 1. The van der Waals surface area contributed by atoms with E-state index in [1.54, 1.807) is 24.4 Å². The SMILES string of the molecule is COC(=O)c1ccc2c(cnn2CN2CCN(c3ccccc3F)CC2)c1. The van der Waals surface area contributed by atoms with Gasteiger partial charge in [-0.1, -0.05) is 12.1 Å². The lowest BCUT2D eigenvalue weighted by atomic mass is 10.1. The van der Waals surface area contributed by atoms with Gasteiger partial charge < -0.3 is 9.64 Å². The lowest BCUT2D eigenvalue weighted by Gasteiger charge is -2.36. The molecule has 1 aliphatic rings. The van der Waals surface area contributed by atoms with E-state index in [1.807, 2.05) is 22.9 Å². The van der Waals surface area contributed by atoms with Gasteiger partial charge in [0.25, 0.3) is 0 Å². The predicted molar refractivity (Wildman–Crippen MR) is 101 cm³/mol. The molecule has 0 spiro atoms. The van der Waals surface area contributed by atoms with Crippen LogP contribution in [0.1, 0.15) is 10.4 Å². The van der Waals surface area contributed by atoms with Crippen molar-refractivity contribution in [3.8, 4) is 0 Å². The van der Waals surface area contributed by atoms with Crippen LogP contribution in [0.4, 0.5) is 10.1 Å². The Hall–Kier alpha value is -2.93. The molecule has 1 saturated heterocycles. The van der Waals surface area contributed by atoms with Gasteiger partial charge in [-0.15, -0.1) is 0 Å². The molecule has 0 atom stereocenters. The van der Waals surface area contributed by atoms with Gasteiger partial charge in [0, 0.05) is 31.6 Å². The Labute approximate surface area is 156 Å². The maximum absolute atomic E-state index is 14.0. The molecule has 0 unspecified atom stereocenters. The maximum atomic E-state index is 14.0. The Kier molecular flexibility index (Phi) is 4.77. The van der Waals surface area contributed by atoms with Gasteiger partial charge in [-0.3, -0.25) is 9.58 Å². The molecule has 1 aromatic heterocycles. The van der Waals surface area contributed by atoms with Crippen molar-refractivity contribution in [2.24, 2.45) is 0 Å². The number of benzene rings is 2. The van der Waals surface area contributed by atoms with E-state index >= 15 is 0 Å². The Bertz CT molecular complexity index is 964. The van der Waals surface area contributed by atoms with E-state index in [-0.39, 0.29) is 11.8 Å². The molecule has 0 radical (unpaired) electrons. The standard InChI is InChI=1S/C20H21FN4O2/c1-27-20(26)15-6-7-18-16(12-15)13-22-25(18)14-23-8-10-24(11-9-23)19-5-3-2-4-17(19)21/h2-7,12-13H,8-11,14H2,1H3. The number of methoxy groups -OCH3 is 1. The molecule has 4 rings (SSSR count). The van der Waals surface area contributed by atoms with Crippen LogP contribution in [-0.4, -0.2) is 53.9 Å². The summed E-state index contributed by atoms with van der Waals surface area (Å²) >= 11 is 0. The van der Waals surface area contributed by atoms with Gasteiger partial charge in [0.05, 0.1) is 36.7 Å². The van der Waals surface area contributed by atoms with E-state index in [9.17, 15) is 9.18 Å². The van der Waals surface area contributed by atoms with Crippen molar-refractivity contribution in [1.82, 2.24) is 14.7 Å². The first kappa shape index (κ1) is 17.5. The first-order valence-corrected chi connectivity index (χ1v) is 8.91. The van der Waals surface area contributed by atoms with Crippen LogP contribution in [-0.2, 0) is 11.4 Å². The predicted octanol–water partition coefficient (Wildman–Crippen LogP) is 2.74. The molecule has 3 aromatic rings. The highest BCUT2D eigenvalue weighted by molar-refractivity contribution is 5.94. The van der Waals surface area contributed by atoms with Gasteiger partial charge in [-0.2, -0.15) is 5.10 Å². The molecular weight excluding hydrogens is 347 g/mol. The van der Waals surface area contributed by atoms with E-state index in [0.29, 0.717) is 17.9 Å². The van der Waals surface area contributed by atoms with Crippen molar-refractivity contribution in [1.29, 1.82) is 0 Å². The molecule has 2 heterocycles. The zero-order valence-corrected chi connectivity index (χ0v) is 15.1. The second-order valence-corrected chi connectivity index (χ2v) is 6.61. The molecule has 6 nitrogen and oxygen atoms in total. The number of rotatable bonds is 4. The Balaban J connectivity index is 1.43. The first-order chi connectivity index (χ1) is 13.2. The van der Waals surface area contributed by atoms with Crippen LogP contribution in [0.2, 0.25) is 0 Å². The fourth-order valence-corrected chi connectivity index (χ4v) is 3.47. The minimum absolute atomic E-state index is 0.176. The van der Waals surface area contributed by atoms with Gasteiger partial charge in [0.2, 0.25) is 0 Å². The summed E-state index contributed by atoms with van der Waals surface area (Å²) in [6.07, 6.45) is 1.76. The lowest BCUT2D eigenvalue weighted by Crippen LogP contribution is -2.47. The van der Waals surface area contributed by atoms with Crippen molar-refractivity contribution in [2.75, 3.05) is 38.2 Å². The molecule has 140 valence electrons. The number of ether oxygens (including phenoxy) is 1. The summed E-state index contributed by atoms with van der Waals surface area (Å²) in [6.45, 7) is 3.86. The van der Waals surface area contributed by atoms with Crippen LogP contribution in [0.3, 0.4) is 0 Å². The molecule has 1 fully saturated rings. The smallest absolute Gasteiger partial charge is 0.337 e. The van der Waals surface area contributed by atoms with Gasteiger partial charge in [-0.25, -0.2) is 9.18 Å². The zero-order chi connectivity index (χ0) is 18.8. The molecule has 0 aliphatic carbocycles. The van der Waals surface area contributed by atoms with Crippen LogP contribution in [0.25, 0.3) is 10.9 Å². The van der Waals surface area contributed by atoms with E-state index in [4.69, 9.17) is 4.74 Å². The molecule has 0 saturated carbocycles.